The molecule has 31 heavy (non-hydrogen) atoms. The zero-order valence-electron chi connectivity index (χ0n) is 17.0. The molecule has 1 aromatic heterocycles. The lowest BCUT2D eigenvalue weighted by molar-refractivity contribution is -0.718. The smallest absolute Gasteiger partial charge is 0.287 e. The molecule has 7 heteroatoms. The lowest BCUT2D eigenvalue weighted by atomic mass is 10.0. The van der Waals surface area contributed by atoms with Crippen molar-refractivity contribution in [2.24, 2.45) is 0 Å². The van der Waals surface area contributed by atoms with Gasteiger partial charge in [0.25, 0.3) is 5.91 Å². The van der Waals surface area contributed by atoms with E-state index in [2.05, 4.69) is 22.3 Å². The molecule has 3 N–H and O–H groups in total. The largest absolute Gasteiger partial charge is 0.326 e. The molecule has 1 heterocycles. The molecule has 0 aliphatic carbocycles. The van der Waals surface area contributed by atoms with Gasteiger partial charge in [0.05, 0.1) is 5.69 Å². The van der Waals surface area contributed by atoms with Crippen molar-refractivity contribution in [3.8, 4) is 5.69 Å². The second-order valence-electron chi connectivity index (χ2n) is 7.30. The first-order chi connectivity index (χ1) is 15.1. The fourth-order valence-electron chi connectivity index (χ4n) is 3.44. The zero-order chi connectivity index (χ0) is 21.6. The van der Waals surface area contributed by atoms with E-state index in [1.165, 1.54) is 18.5 Å². The van der Waals surface area contributed by atoms with Crippen molar-refractivity contribution in [1.82, 2.24) is 14.8 Å². The number of carbonyl (C=O) groups is 1. The normalized spacial score (nSPS) is 12.8. The van der Waals surface area contributed by atoms with Gasteiger partial charge in [-0.2, -0.15) is 5.10 Å². The van der Waals surface area contributed by atoms with Crippen molar-refractivity contribution in [1.29, 1.82) is 0 Å². The number of carbonyl (C=O) groups excluding carboxylic acids is 1. The number of hydrogen-bond donors (Lipinski definition) is 2. The van der Waals surface area contributed by atoms with Gasteiger partial charge in [-0.15, -0.1) is 0 Å². The highest BCUT2D eigenvalue weighted by molar-refractivity contribution is 5.94. The van der Waals surface area contributed by atoms with Crippen LogP contribution in [-0.4, -0.2) is 20.7 Å². The predicted molar refractivity (Wildman–Crippen MR) is 116 cm³/mol. The van der Waals surface area contributed by atoms with E-state index in [1.54, 1.807) is 23.1 Å². The molecule has 1 amide bonds. The number of nitrogens with zero attached hydrogens (tertiary/aromatic N) is 3. The summed E-state index contributed by atoms with van der Waals surface area (Å²) in [6.07, 6.45) is 3.14. The van der Waals surface area contributed by atoms with Crippen LogP contribution in [0, 0.1) is 5.82 Å². The third-order valence-corrected chi connectivity index (χ3v) is 5.14. The van der Waals surface area contributed by atoms with Crippen LogP contribution in [-0.2, 0) is 4.79 Å². The van der Waals surface area contributed by atoms with E-state index >= 15 is 0 Å². The quantitative estimate of drug-likeness (QED) is 0.485. The molecule has 4 aromatic rings. The third-order valence-electron chi connectivity index (χ3n) is 5.14. The molecule has 0 radical (unpaired) electrons. The molecule has 0 spiro atoms. The molecule has 0 aliphatic heterocycles. The van der Waals surface area contributed by atoms with Crippen LogP contribution in [0.1, 0.15) is 30.1 Å². The van der Waals surface area contributed by atoms with Gasteiger partial charge < -0.3 is 10.6 Å². The number of anilines is 1. The van der Waals surface area contributed by atoms with Crippen LogP contribution in [0.4, 0.5) is 10.1 Å². The van der Waals surface area contributed by atoms with Crippen LogP contribution < -0.4 is 10.6 Å². The van der Waals surface area contributed by atoms with E-state index < -0.39 is 6.04 Å². The second-order valence-corrected chi connectivity index (χ2v) is 7.30. The Morgan fingerprint density at radius 3 is 2.32 bits per heavy atom. The molecule has 6 nitrogen and oxygen atoms in total. The number of amides is 1. The highest BCUT2D eigenvalue weighted by Gasteiger charge is 2.27. The fraction of sp³-hybridized carbons (Fsp3) is 0.125. The van der Waals surface area contributed by atoms with E-state index in [0.29, 0.717) is 5.69 Å². The number of rotatable bonds is 7. The van der Waals surface area contributed by atoms with Crippen molar-refractivity contribution in [3.63, 3.8) is 0 Å². The van der Waals surface area contributed by atoms with Gasteiger partial charge in [0, 0.05) is 16.8 Å². The Balaban J connectivity index is 1.52. The summed E-state index contributed by atoms with van der Waals surface area (Å²) in [6.45, 7) is 2.06. The molecular formula is C24H23FN5O+. The van der Waals surface area contributed by atoms with Gasteiger partial charge >= 0.3 is 0 Å². The predicted octanol–water partition coefficient (Wildman–Crippen LogP) is 3.41. The first-order valence-electron chi connectivity index (χ1n) is 10.0. The second kappa shape index (κ2) is 9.32. The Kier molecular flexibility index (Phi) is 6.14. The van der Waals surface area contributed by atoms with Crippen LogP contribution in [0.3, 0.4) is 0 Å². The highest BCUT2D eigenvalue weighted by Crippen LogP contribution is 2.17. The summed E-state index contributed by atoms with van der Waals surface area (Å²) in [4.78, 5) is 17.1. The lowest BCUT2D eigenvalue weighted by Gasteiger charge is -2.20. The Hall–Kier alpha value is -3.84. The summed E-state index contributed by atoms with van der Waals surface area (Å²) in [5, 5.41) is 9.06. The average Bonchev–Trinajstić information content (AvgIpc) is 3.34. The molecule has 2 atom stereocenters. The lowest BCUT2D eigenvalue weighted by Crippen LogP contribution is -2.87. The Morgan fingerprint density at radius 1 is 0.968 bits per heavy atom. The average molecular weight is 416 g/mol. The molecular weight excluding hydrogens is 393 g/mol. The van der Waals surface area contributed by atoms with Gasteiger partial charge in [-0.25, -0.2) is 14.1 Å². The minimum atomic E-state index is -0.462. The summed E-state index contributed by atoms with van der Waals surface area (Å²) >= 11 is 0. The van der Waals surface area contributed by atoms with Crippen molar-refractivity contribution in [2.75, 3.05) is 5.32 Å². The molecule has 156 valence electrons. The van der Waals surface area contributed by atoms with Crippen molar-refractivity contribution in [3.05, 3.63) is 108 Å². The summed E-state index contributed by atoms with van der Waals surface area (Å²) in [5.41, 5.74) is 3.46. The molecule has 0 saturated carbocycles. The first kappa shape index (κ1) is 20.4. The van der Waals surface area contributed by atoms with Gasteiger partial charge in [-0.05, 0) is 43.3 Å². The standard InChI is InChI=1S/C24H22FN5O/c1-17(18-7-13-22(14-8-18)30-16-26-15-27-30)28-23(19-5-3-2-4-6-19)24(31)29-21-11-9-20(25)10-12-21/h2-17,23,28H,1H3,(H,29,31)/p+1/t17-,23+/m0/s1. The summed E-state index contributed by atoms with van der Waals surface area (Å²) in [7, 11) is 0. The zero-order valence-corrected chi connectivity index (χ0v) is 17.0. The monoisotopic (exact) mass is 416 g/mol. The Bertz CT molecular complexity index is 1110. The van der Waals surface area contributed by atoms with E-state index in [4.69, 9.17) is 0 Å². The number of quaternary nitrogens is 1. The molecule has 0 saturated heterocycles. The molecule has 0 unspecified atom stereocenters. The maximum absolute atomic E-state index is 13.2. The molecule has 0 bridgehead atoms. The van der Waals surface area contributed by atoms with Gasteiger partial charge in [-0.1, -0.05) is 42.5 Å². The van der Waals surface area contributed by atoms with Crippen molar-refractivity contribution in [2.45, 2.75) is 19.0 Å². The number of nitrogens with two attached hydrogens (primary N) is 1. The number of aromatic nitrogens is 3. The van der Waals surface area contributed by atoms with Gasteiger partial charge in [0.15, 0.2) is 6.04 Å². The summed E-state index contributed by atoms with van der Waals surface area (Å²) in [6, 6.07) is 23.0. The molecule has 4 rings (SSSR count). The highest BCUT2D eigenvalue weighted by atomic mass is 19.1. The fourth-order valence-corrected chi connectivity index (χ4v) is 3.44. The Morgan fingerprint density at radius 2 is 1.68 bits per heavy atom. The van der Waals surface area contributed by atoms with Crippen LogP contribution in [0.15, 0.2) is 91.5 Å². The maximum atomic E-state index is 13.2. The van der Waals surface area contributed by atoms with Crippen molar-refractivity contribution >= 4 is 11.6 Å². The molecule has 3 aromatic carbocycles. The number of nitrogens with one attached hydrogen (secondary N) is 1. The van der Waals surface area contributed by atoms with Crippen LogP contribution >= 0.6 is 0 Å². The first-order valence-corrected chi connectivity index (χ1v) is 10.0. The SMILES string of the molecule is C[C@H]([NH2+][C@@H](C(=O)Nc1ccc(F)cc1)c1ccccc1)c1ccc(-n2cncn2)cc1. The number of halogens is 1. The van der Waals surface area contributed by atoms with Crippen LogP contribution in [0.25, 0.3) is 5.69 Å². The van der Waals surface area contributed by atoms with Crippen molar-refractivity contribution < 1.29 is 14.5 Å². The van der Waals surface area contributed by atoms with E-state index in [-0.39, 0.29) is 17.8 Å². The maximum Gasteiger partial charge on any atom is 0.287 e. The summed E-state index contributed by atoms with van der Waals surface area (Å²) in [5.74, 6) is -0.504. The number of hydrogen-bond acceptors (Lipinski definition) is 3. The molecule has 0 aliphatic rings. The topological polar surface area (TPSA) is 76.4 Å². The number of benzene rings is 3. The van der Waals surface area contributed by atoms with E-state index in [1.807, 2.05) is 59.9 Å². The van der Waals surface area contributed by atoms with Crippen LogP contribution in [0.5, 0.6) is 0 Å². The minimum absolute atomic E-state index is 0.0222. The van der Waals surface area contributed by atoms with E-state index in [9.17, 15) is 9.18 Å². The third kappa shape index (κ3) is 5.02. The summed E-state index contributed by atoms with van der Waals surface area (Å²) < 4.78 is 14.9. The van der Waals surface area contributed by atoms with Gasteiger partial charge in [0.1, 0.15) is 24.5 Å². The van der Waals surface area contributed by atoms with Gasteiger partial charge in [0.2, 0.25) is 0 Å². The van der Waals surface area contributed by atoms with E-state index in [0.717, 1.165) is 16.8 Å². The molecule has 0 fully saturated rings. The Labute approximate surface area is 179 Å². The van der Waals surface area contributed by atoms with Gasteiger partial charge in [-0.3, -0.25) is 4.79 Å². The van der Waals surface area contributed by atoms with Crippen LogP contribution in [0.2, 0.25) is 0 Å². The minimum Gasteiger partial charge on any atom is -0.326 e.